The van der Waals surface area contributed by atoms with Crippen LogP contribution in [0, 0.1) is 5.41 Å². The molecule has 0 saturated heterocycles. The lowest BCUT2D eigenvalue weighted by Crippen LogP contribution is -2.37. The lowest BCUT2D eigenvalue weighted by Gasteiger charge is -2.25. The molecular weight excluding hydrogens is 220 g/mol. The Morgan fingerprint density at radius 2 is 1.76 bits per heavy atom. The highest BCUT2D eigenvalue weighted by atomic mass is 16.4. The van der Waals surface area contributed by atoms with E-state index in [4.69, 9.17) is 0 Å². The molecule has 0 bridgehead atoms. The predicted molar refractivity (Wildman–Crippen MR) is 66.8 cm³/mol. The zero-order valence-corrected chi connectivity index (χ0v) is 11.0. The van der Waals surface area contributed by atoms with Crippen LogP contribution < -0.4 is 10.6 Å². The minimum absolute atomic E-state index is 0.0644. The average Bonchev–Trinajstić information content (AvgIpc) is 2.31. The largest absolute Gasteiger partial charge is 0.481 e. The average molecular weight is 244 g/mol. The maximum atomic E-state index is 11.6. The van der Waals surface area contributed by atoms with Crippen LogP contribution in [0.4, 0.5) is 0 Å². The van der Waals surface area contributed by atoms with Gasteiger partial charge in [0.2, 0.25) is 5.91 Å². The number of carboxylic acid groups (broad SMARTS) is 1. The second-order valence-electron chi connectivity index (χ2n) is 4.28. The maximum Gasteiger partial charge on any atom is 0.310 e. The van der Waals surface area contributed by atoms with Gasteiger partial charge in [-0.15, -0.1) is 0 Å². The van der Waals surface area contributed by atoms with Crippen molar-refractivity contribution >= 4 is 11.9 Å². The van der Waals surface area contributed by atoms with Crippen molar-refractivity contribution in [2.45, 2.75) is 39.5 Å². The van der Waals surface area contributed by atoms with E-state index >= 15 is 0 Å². The van der Waals surface area contributed by atoms with E-state index in [2.05, 4.69) is 10.6 Å². The summed E-state index contributed by atoms with van der Waals surface area (Å²) in [7, 11) is 1.85. The van der Waals surface area contributed by atoms with E-state index < -0.39 is 11.4 Å². The molecule has 0 atom stereocenters. The molecule has 0 rings (SSSR count). The fraction of sp³-hybridized carbons (Fsp3) is 0.833. The van der Waals surface area contributed by atoms with Gasteiger partial charge in [0.25, 0.3) is 0 Å². The van der Waals surface area contributed by atoms with Crippen molar-refractivity contribution in [1.29, 1.82) is 0 Å². The van der Waals surface area contributed by atoms with Gasteiger partial charge < -0.3 is 15.7 Å². The summed E-state index contributed by atoms with van der Waals surface area (Å²) in [4.78, 5) is 22.9. The van der Waals surface area contributed by atoms with Crippen LogP contribution in [0.25, 0.3) is 0 Å². The summed E-state index contributed by atoms with van der Waals surface area (Å²) in [6.45, 7) is 5.05. The minimum atomic E-state index is -0.910. The molecule has 0 heterocycles. The molecule has 3 N–H and O–H groups in total. The van der Waals surface area contributed by atoms with Gasteiger partial charge >= 0.3 is 5.97 Å². The predicted octanol–water partition coefficient (Wildman–Crippen LogP) is 0.993. The zero-order chi connectivity index (χ0) is 13.3. The Balaban J connectivity index is 4.18. The van der Waals surface area contributed by atoms with Crippen LogP contribution in [0.5, 0.6) is 0 Å². The Hall–Kier alpha value is -1.10. The van der Waals surface area contributed by atoms with Crippen molar-refractivity contribution in [3.63, 3.8) is 0 Å². The van der Waals surface area contributed by atoms with Gasteiger partial charge in [-0.05, 0) is 32.9 Å². The number of hydrogen-bond donors (Lipinski definition) is 3. The lowest BCUT2D eigenvalue weighted by molar-refractivity contribution is -0.152. The zero-order valence-electron chi connectivity index (χ0n) is 11.0. The number of aliphatic carboxylic acids is 1. The first-order valence-corrected chi connectivity index (χ1v) is 6.17. The van der Waals surface area contributed by atoms with Crippen molar-refractivity contribution in [2.75, 3.05) is 20.1 Å². The lowest BCUT2D eigenvalue weighted by atomic mass is 9.79. The molecule has 1 amide bonds. The number of carbonyl (C=O) groups excluding carboxylic acids is 1. The van der Waals surface area contributed by atoms with Crippen LogP contribution >= 0.6 is 0 Å². The number of carboxylic acids is 1. The van der Waals surface area contributed by atoms with Crippen molar-refractivity contribution in [3.05, 3.63) is 0 Å². The van der Waals surface area contributed by atoms with Crippen LogP contribution in [0.15, 0.2) is 0 Å². The number of rotatable bonds is 9. The number of nitrogens with one attached hydrogen (secondary N) is 2. The summed E-state index contributed by atoms with van der Waals surface area (Å²) >= 11 is 0. The molecule has 100 valence electrons. The van der Waals surface area contributed by atoms with E-state index in [0.29, 0.717) is 19.4 Å². The standard InChI is InChI=1S/C12H24N2O3/c1-4-12(5-2,11(16)17)9-10(15)14-8-6-7-13-3/h13H,4-9H2,1-3H3,(H,14,15)(H,16,17). The van der Waals surface area contributed by atoms with Gasteiger partial charge in [0, 0.05) is 13.0 Å². The smallest absolute Gasteiger partial charge is 0.310 e. The van der Waals surface area contributed by atoms with Crippen molar-refractivity contribution in [1.82, 2.24) is 10.6 Å². The van der Waals surface area contributed by atoms with E-state index in [0.717, 1.165) is 13.0 Å². The van der Waals surface area contributed by atoms with E-state index in [1.807, 2.05) is 20.9 Å². The second kappa shape index (κ2) is 8.06. The summed E-state index contributed by atoms with van der Waals surface area (Å²) in [6, 6.07) is 0. The molecule has 0 radical (unpaired) electrons. The van der Waals surface area contributed by atoms with Crippen molar-refractivity contribution < 1.29 is 14.7 Å². The molecule has 17 heavy (non-hydrogen) atoms. The molecule has 0 saturated carbocycles. The van der Waals surface area contributed by atoms with Gasteiger partial charge in [-0.2, -0.15) is 0 Å². The van der Waals surface area contributed by atoms with Crippen molar-refractivity contribution in [2.24, 2.45) is 5.41 Å². The molecule has 5 heteroatoms. The van der Waals surface area contributed by atoms with Crippen LogP contribution in [-0.4, -0.2) is 37.1 Å². The third-order valence-corrected chi connectivity index (χ3v) is 3.23. The highest BCUT2D eigenvalue weighted by molar-refractivity contribution is 5.84. The van der Waals surface area contributed by atoms with Gasteiger partial charge in [0.1, 0.15) is 0 Å². The maximum absolute atomic E-state index is 11.6. The van der Waals surface area contributed by atoms with Crippen LogP contribution in [0.3, 0.4) is 0 Å². The van der Waals surface area contributed by atoms with Crippen molar-refractivity contribution in [3.8, 4) is 0 Å². The Labute approximate surface area is 103 Å². The van der Waals surface area contributed by atoms with E-state index in [1.165, 1.54) is 0 Å². The summed E-state index contributed by atoms with van der Waals surface area (Å²) < 4.78 is 0. The van der Waals surface area contributed by atoms with Gasteiger partial charge in [0.05, 0.1) is 5.41 Å². The van der Waals surface area contributed by atoms with Crippen LogP contribution in [0.1, 0.15) is 39.5 Å². The Bertz CT molecular complexity index is 250. The fourth-order valence-corrected chi connectivity index (χ4v) is 1.74. The molecule has 0 aliphatic heterocycles. The van der Waals surface area contributed by atoms with Crippen LogP contribution in [-0.2, 0) is 9.59 Å². The monoisotopic (exact) mass is 244 g/mol. The van der Waals surface area contributed by atoms with E-state index in [1.54, 1.807) is 0 Å². The number of amides is 1. The summed E-state index contributed by atoms with van der Waals surface area (Å²) in [5, 5.41) is 14.9. The summed E-state index contributed by atoms with van der Waals surface area (Å²) in [5.41, 5.74) is -0.910. The first kappa shape index (κ1) is 15.9. The van der Waals surface area contributed by atoms with Crippen LogP contribution in [0.2, 0.25) is 0 Å². The molecule has 0 aromatic carbocycles. The highest BCUT2D eigenvalue weighted by Crippen LogP contribution is 2.30. The number of carbonyl (C=O) groups is 2. The Kier molecular flexibility index (Phi) is 7.54. The molecule has 0 aliphatic rings. The third-order valence-electron chi connectivity index (χ3n) is 3.23. The van der Waals surface area contributed by atoms with E-state index in [9.17, 15) is 14.7 Å². The minimum Gasteiger partial charge on any atom is -0.481 e. The van der Waals surface area contributed by atoms with Gasteiger partial charge in [-0.1, -0.05) is 13.8 Å². The Morgan fingerprint density at radius 3 is 2.18 bits per heavy atom. The molecule has 0 aliphatic carbocycles. The SMILES string of the molecule is CCC(CC)(CC(=O)NCCCNC)C(=O)O. The van der Waals surface area contributed by atoms with Gasteiger partial charge in [0.15, 0.2) is 0 Å². The molecule has 5 nitrogen and oxygen atoms in total. The first-order valence-electron chi connectivity index (χ1n) is 6.17. The summed E-state index contributed by atoms with van der Waals surface area (Å²) in [6.07, 6.45) is 1.86. The quantitative estimate of drug-likeness (QED) is 0.529. The number of hydrogen-bond acceptors (Lipinski definition) is 3. The molecule has 0 fully saturated rings. The fourth-order valence-electron chi connectivity index (χ4n) is 1.74. The normalized spacial score (nSPS) is 11.2. The second-order valence-corrected chi connectivity index (χ2v) is 4.28. The van der Waals surface area contributed by atoms with E-state index in [-0.39, 0.29) is 12.3 Å². The molecular formula is C12H24N2O3. The van der Waals surface area contributed by atoms with Gasteiger partial charge in [-0.25, -0.2) is 0 Å². The third kappa shape index (κ3) is 5.17. The molecule has 0 unspecified atom stereocenters. The highest BCUT2D eigenvalue weighted by Gasteiger charge is 2.36. The first-order chi connectivity index (χ1) is 8.02. The molecule has 0 spiro atoms. The van der Waals surface area contributed by atoms with Gasteiger partial charge in [-0.3, -0.25) is 9.59 Å². The topological polar surface area (TPSA) is 78.4 Å². The summed E-state index contributed by atoms with van der Waals surface area (Å²) in [5.74, 6) is -1.06. The molecule has 0 aromatic rings. The molecule has 0 aromatic heterocycles. The Morgan fingerprint density at radius 1 is 1.18 bits per heavy atom.